The van der Waals surface area contributed by atoms with E-state index in [0.717, 1.165) is 45.5 Å². The van der Waals surface area contributed by atoms with E-state index >= 15 is 0 Å². The number of nitrogens with two attached hydrogens (primary N) is 1. The topological polar surface area (TPSA) is 73.6 Å². The van der Waals surface area contributed by atoms with E-state index in [1.54, 1.807) is 0 Å². The molecule has 5 nitrogen and oxygen atoms in total. The maximum atomic E-state index is 12.0. The van der Waals surface area contributed by atoms with Crippen LogP contribution in [0.5, 0.6) is 0 Å². The molecule has 0 aromatic heterocycles. The molecular weight excluding hydrogens is 268 g/mol. The number of carbonyl (C=O) groups is 1. The average Bonchev–Trinajstić information content (AvgIpc) is 2.46. The van der Waals surface area contributed by atoms with Gasteiger partial charge in [0, 0.05) is 26.4 Å². The minimum atomic E-state index is -0.405. The summed E-state index contributed by atoms with van der Waals surface area (Å²) in [6.45, 7) is 2.84. The monoisotopic (exact) mass is 292 g/mol. The SMILES string of the molecule is Cl.NC(C(=O)NCC1CCCCO1)C1CCOCC1. The predicted molar refractivity (Wildman–Crippen MR) is 75.4 cm³/mol. The van der Waals surface area contributed by atoms with Gasteiger partial charge in [-0.2, -0.15) is 0 Å². The summed E-state index contributed by atoms with van der Waals surface area (Å²) in [6, 6.07) is -0.405. The van der Waals surface area contributed by atoms with Crippen molar-refractivity contribution >= 4 is 18.3 Å². The zero-order chi connectivity index (χ0) is 12.8. The maximum absolute atomic E-state index is 12.0. The highest BCUT2D eigenvalue weighted by Crippen LogP contribution is 2.18. The summed E-state index contributed by atoms with van der Waals surface area (Å²) in [5.41, 5.74) is 6.00. The first-order valence-corrected chi connectivity index (χ1v) is 7.00. The van der Waals surface area contributed by atoms with Crippen LogP contribution in [0.25, 0.3) is 0 Å². The van der Waals surface area contributed by atoms with Crippen LogP contribution in [0.1, 0.15) is 32.1 Å². The second-order valence-electron chi connectivity index (χ2n) is 5.21. The Morgan fingerprint density at radius 3 is 2.58 bits per heavy atom. The molecule has 0 spiro atoms. The van der Waals surface area contributed by atoms with E-state index in [2.05, 4.69) is 5.32 Å². The van der Waals surface area contributed by atoms with Gasteiger partial charge in [-0.05, 0) is 38.0 Å². The summed E-state index contributed by atoms with van der Waals surface area (Å²) in [7, 11) is 0. The van der Waals surface area contributed by atoms with Gasteiger partial charge in [-0.1, -0.05) is 0 Å². The van der Waals surface area contributed by atoms with E-state index in [9.17, 15) is 4.79 Å². The van der Waals surface area contributed by atoms with Gasteiger partial charge in [0.2, 0.25) is 5.91 Å². The molecule has 0 radical (unpaired) electrons. The summed E-state index contributed by atoms with van der Waals surface area (Å²) in [4.78, 5) is 12.0. The molecule has 0 aromatic rings. The molecule has 2 heterocycles. The minimum Gasteiger partial charge on any atom is -0.381 e. The summed E-state index contributed by atoms with van der Waals surface area (Å²) in [6.07, 6.45) is 5.29. The smallest absolute Gasteiger partial charge is 0.237 e. The van der Waals surface area contributed by atoms with Crippen LogP contribution in [0.4, 0.5) is 0 Å². The van der Waals surface area contributed by atoms with Crippen molar-refractivity contribution in [2.45, 2.75) is 44.2 Å². The molecule has 0 bridgehead atoms. The van der Waals surface area contributed by atoms with Crippen LogP contribution in [0.15, 0.2) is 0 Å². The molecule has 2 aliphatic heterocycles. The second-order valence-corrected chi connectivity index (χ2v) is 5.21. The number of hydrogen-bond acceptors (Lipinski definition) is 4. The Hall–Kier alpha value is -0.360. The summed E-state index contributed by atoms with van der Waals surface area (Å²) < 4.78 is 10.9. The fourth-order valence-corrected chi connectivity index (χ4v) is 2.59. The lowest BCUT2D eigenvalue weighted by Gasteiger charge is -2.28. The lowest BCUT2D eigenvalue weighted by atomic mass is 9.92. The van der Waals surface area contributed by atoms with Gasteiger partial charge in [-0.3, -0.25) is 4.79 Å². The Balaban J connectivity index is 0.00000180. The molecule has 6 heteroatoms. The van der Waals surface area contributed by atoms with Crippen LogP contribution in [-0.4, -0.2) is 44.4 Å². The number of ether oxygens (including phenoxy) is 2. The lowest BCUT2D eigenvalue weighted by Crippen LogP contribution is -2.49. The standard InChI is InChI=1S/C13H24N2O3.ClH/c14-12(10-4-7-17-8-5-10)13(16)15-9-11-3-1-2-6-18-11;/h10-12H,1-9,14H2,(H,15,16);1H. The number of nitrogens with one attached hydrogen (secondary N) is 1. The van der Waals surface area contributed by atoms with E-state index in [4.69, 9.17) is 15.2 Å². The third-order valence-electron chi connectivity index (χ3n) is 3.85. The molecule has 0 aliphatic carbocycles. The van der Waals surface area contributed by atoms with Crippen molar-refractivity contribution in [1.82, 2.24) is 5.32 Å². The summed E-state index contributed by atoms with van der Waals surface area (Å²) >= 11 is 0. The normalized spacial score (nSPS) is 26.3. The van der Waals surface area contributed by atoms with Gasteiger partial charge in [-0.15, -0.1) is 12.4 Å². The summed E-state index contributed by atoms with van der Waals surface area (Å²) in [5, 5.41) is 2.92. The minimum absolute atomic E-state index is 0. The van der Waals surface area contributed by atoms with Gasteiger partial charge in [0.05, 0.1) is 12.1 Å². The van der Waals surface area contributed by atoms with Crippen molar-refractivity contribution in [3.63, 3.8) is 0 Å². The molecule has 2 rings (SSSR count). The van der Waals surface area contributed by atoms with Crippen molar-refractivity contribution in [2.75, 3.05) is 26.4 Å². The van der Waals surface area contributed by atoms with Crippen molar-refractivity contribution in [3.05, 3.63) is 0 Å². The number of amides is 1. The highest BCUT2D eigenvalue weighted by molar-refractivity contribution is 5.85. The molecule has 19 heavy (non-hydrogen) atoms. The molecule has 2 fully saturated rings. The predicted octanol–water partition coefficient (Wildman–Crippen LogP) is 0.847. The van der Waals surface area contributed by atoms with Crippen LogP contribution < -0.4 is 11.1 Å². The van der Waals surface area contributed by atoms with Crippen molar-refractivity contribution in [1.29, 1.82) is 0 Å². The van der Waals surface area contributed by atoms with Crippen LogP contribution in [0.2, 0.25) is 0 Å². The Morgan fingerprint density at radius 1 is 1.21 bits per heavy atom. The van der Waals surface area contributed by atoms with E-state index in [1.165, 1.54) is 6.42 Å². The highest BCUT2D eigenvalue weighted by Gasteiger charge is 2.27. The lowest BCUT2D eigenvalue weighted by molar-refractivity contribution is -0.125. The van der Waals surface area contributed by atoms with Gasteiger partial charge in [0.15, 0.2) is 0 Å². The zero-order valence-electron chi connectivity index (χ0n) is 11.3. The van der Waals surface area contributed by atoms with Crippen molar-refractivity contribution in [2.24, 2.45) is 11.7 Å². The molecule has 2 unspecified atom stereocenters. The fraction of sp³-hybridized carbons (Fsp3) is 0.923. The molecule has 0 aromatic carbocycles. The molecular formula is C13H25ClN2O3. The molecule has 112 valence electrons. The second kappa shape index (κ2) is 8.74. The van der Waals surface area contributed by atoms with Gasteiger partial charge in [0.1, 0.15) is 0 Å². The third kappa shape index (κ3) is 5.26. The Morgan fingerprint density at radius 2 is 1.95 bits per heavy atom. The molecule has 2 saturated heterocycles. The van der Waals surface area contributed by atoms with Crippen LogP contribution >= 0.6 is 12.4 Å². The van der Waals surface area contributed by atoms with Crippen molar-refractivity contribution < 1.29 is 14.3 Å². The van der Waals surface area contributed by atoms with E-state index in [-0.39, 0.29) is 30.3 Å². The Kier molecular flexibility index (Phi) is 7.68. The maximum Gasteiger partial charge on any atom is 0.237 e. The number of rotatable bonds is 4. The first-order valence-electron chi connectivity index (χ1n) is 7.00. The Labute approximate surface area is 121 Å². The molecule has 1 amide bonds. The molecule has 2 atom stereocenters. The van der Waals surface area contributed by atoms with E-state index in [1.807, 2.05) is 0 Å². The highest BCUT2D eigenvalue weighted by atomic mass is 35.5. The van der Waals surface area contributed by atoms with Crippen molar-refractivity contribution in [3.8, 4) is 0 Å². The van der Waals surface area contributed by atoms with Gasteiger partial charge < -0.3 is 20.5 Å². The number of hydrogen-bond donors (Lipinski definition) is 2. The van der Waals surface area contributed by atoms with Crippen LogP contribution in [0.3, 0.4) is 0 Å². The van der Waals surface area contributed by atoms with Crippen LogP contribution in [0, 0.1) is 5.92 Å². The fourth-order valence-electron chi connectivity index (χ4n) is 2.59. The largest absolute Gasteiger partial charge is 0.381 e. The van der Waals surface area contributed by atoms with Crippen LogP contribution in [-0.2, 0) is 14.3 Å². The van der Waals surface area contributed by atoms with Gasteiger partial charge in [-0.25, -0.2) is 0 Å². The zero-order valence-corrected chi connectivity index (χ0v) is 12.1. The quantitative estimate of drug-likeness (QED) is 0.805. The van der Waals surface area contributed by atoms with E-state index < -0.39 is 6.04 Å². The first kappa shape index (κ1) is 16.7. The Bertz CT molecular complexity index is 267. The third-order valence-corrected chi connectivity index (χ3v) is 3.85. The summed E-state index contributed by atoms with van der Waals surface area (Å²) in [5.74, 6) is 0.210. The van der Waals surface area contributed by atoms with Gasteiger partial charge >= 0.3 is 0 Å². The molecule has 0 saturated carbocycles. The van der Waals surface area contributed by atoms with E-state index in [0.29, 0.717) is 6.54 Å². The number of carbonyl (C=O) groups excluding carboxylic acids is 1. The molecule has 2 aliphatic rings. The average molecular weight is 293 g/mol. The van der Waals surface area contributed by atoms with Gasteiger partial charge in [0.25, 0.3) is 0 Å². The molecule has 3 N–H and O–H groups in total. The number of halogens is 1. The first-order chi connectivity index (χ1) is 8.77.